The lowest BCUT2D eigenvalue weighted by molar-refractivity contribution is 0.102. The summed E-state index contributed by atoms with van der Waals surface area (Å²) in [7, 11) is 0. The van der Waals surface area contributed by atoms with Crippen molar-refractivity contribution in [1.82, 2.24) is 4.98 Å². The molecule has 0 unspecified atom stereocenters. The number of nitriles is 1. The molecule has 1 aromatic heterocycles. The Morgan fingerprint density at radius 1 is 1.00 bits per heavy atom. The third-order valence-electron chi connectivity index (χ3n) is 3.51. The number of carbonyl (C=O) groups excluding carboxylic acids is 1. The van der Waals surface area contributed by atoms with E-state index < -0.39 is 23.2 Å². The number of para-hydroxylation sites is 1. The second-order valence-corrected chi connectivity index (χ2v) is 5.30. The van der Waals surface area contributed by atoms with Crippen molar-refractivity contribution in [1.29, 1.82) is 5.26 Å². The van der Waals surface area contributed by atoms with E-state index in [1.807, 2.05) is 6.07 Å². The van der Waals surface area contributed by atoms with Gasteiger partial charge in [0, 0.05) is 11.9 Å². The first-order chi connectivity index (χ1) is 12.6. The largest absolute Gasteiger partial charge is 0.340 e. The van der Waals surface area contributed by atoms with Gasteiger partial charge in [-0.05, 0) is 48.5 Å². The molecule has 26 heavy (non-hydrogen) atoms. The number of rotatable bonds is 4. The first-order valence-corrected chi connectivity index (χ1v) is 7.55. The lowest BCUT2D eigenvalue weighted by Crippen LogP contribution is -2.14. The third-order valence-corrected chi connectivity index (χ3v) is 3.51. The minimum atomic E-state index is -0.856. The summed E-state index contributed by atoms with van der Waals surface area (Å²) in [6, 6.07) is 15.2. The van der Waals surface area contributed by atoms with Crippen LogP contribution >= 0.6 is 0 Å². The van der Waals surface area contributed by atoms with Crippen LogP contribution in [0.5, 0.6) is 0 Å². The topological polar surface area (TPSA) is 77.8 Å². The number of benzene rings is 2. The fraction of sp³-hybridized carbons (Fsp3) is 0. The Labute approximate surface area is 147 Å². The Balaban J connectivity index is 1.70. The fourth-order valence-corrected chi connectivity index (χ4v) is 2.18. The molecular formula is C19H12F2N4O. The summed E-state index contributed by atoms with van der Waals surface area (Å²) in [5.74, 6) is -1.91. The molecule has 5 nitrogen and oxygen atoms in total. The summed E-state index contributed by atoms with van der Waals surface area (Å²) in [6.45, 7) is 0. The maximum atomic E-state index is 13.6. The molecule has 1 amide bonds. The van der Waals surface area contributed by atoms with Gasteiger partial charge in [0.05, 0.1) is 17.2 Å². The molecule has 0 bridgehead atoms. The Kier molecular flexibility index (Phi) is 4.85. The van der Waals surface area contributed by atoms with Crippen molar-refractivity contribution in [2.75, 3.05) is 10.6 Å². The van der Waals surface area contributed by atoms with Crippen LogP contribution in [0.15, 0.2) is 60.8 Å². The number of nitrogens with one attached hydrogen (secondary N) is 2. The summed E-state index contributed by atoms with van der Waals surface area (Å²) >= 11 is 0. The van der Waals surface area contributed by atoms with Crippen molar-refractivity contribution >= 4 is 23.1 Å². The van der Waals surface area contributed by atoms with Gasteiger partial charge in [0.25, 0.3) is 5.91 Å². The van der Waals surface area contributed by atoms with Gasteiger partial charge < -0.3 is 10.6 Å². The SMILES string of the molecule is N#Cc1ccc(Nc2ccc(C(=O)Nc3c(F)cccc3F)cn2)cc1. The maximum Gasteiger partial charge on any atom is 0.257 e. The lowest BCUT2D eigenvalue weighted by Gasteiger charge is -2.09. The number of nitrogens with zero attached hydrogens (tertiary/aromatic N) is 2. The van der Waals surface area contributed by atoms with E-state index in [-0.39, 0.29) is 5.56 Å². The zero-order chi connectivity index (χ0) is 18.5. The van der Waals surface area contributed by atoms with Crippen LogP contribution in [0.2, 0.25) is 0 Å². The van der Waals surface area contributed by atoms with Crippen molar-refractivity contribution in [2.45, 2.75) is 0 Å². The summed E-state index contributed by atoms with van der Waals surface area (Å²) in [5.41, 5.74) is 0.911. The van der Waals surface area contributed by atoms with Crippen LogP contribution in [0, 0.1) is 23.0 Å². The van der Waals surface area contributed by atoms with E-state index in [2.05, 4.69) is 15.6 Å². The molecule has 0 saturated heterocycles. The molecule has 0 aliphatic carbocycles. The molecule has 0 saturated carbocycles. The fourth-order valence-electron chi connectivity index (χ4n) is 2.18. The van der Waals surface area contributed by atoms with Gasteiger partial charge >= 0.3 is 0 Å². The Hall–Kier alpha value is -3.79. The molecule has 0 atom stereocenters. The molecule has 3 rings (SSSR count). The van der Waals surface area contributed by atoms with Gasteiger partial charge in [-0.2, -0.15) is 5.26 Å². The van der Waals surface area contributed by atoms with Gasteiger partial charge in [0.15, 0.2) is 0 Å². The molecule has 0 aliphatic rings. The van der Waals surface area contributed by atoms with Crippen LogP contribution in [0.25, 0.3) is 0 Å². The number of hydrogen-bond acceptors (Lipinski definition) is 4. The molecule has 0 radical (unpaired) electrons. The Bertz CT molecular complexity index is 960. The van der Waals surface area contributed by atoms with Crippen molar-refractivity contribution in [3.05, 3.63) is 83.6 Å². The number of anilines is 3. The van der Waals surface area contributed by atoms with E-state index in [0.717, 1.165) is 17.8 Å². The monoisotopic (exact) mass is 350 g/mol. The van der Waals surface area contributed by atoms with Gasteiger partial charge in [-0.1, -0.05) is 6.07 Å². The van der Waals surface area contributed by atoms with Crippen molar-refractivity contribution < 1.29 is 13.6 Å². The standard InChI is InChI=1S/C19H12F2N4O/c20-15-2-1-3-16(21)18(15)25-19(26)13-6-9-17(23-11-13)24-14-7-4-12(10-22)5-8-14/h1-9,11H,(H,23,24)(H,25,26). The molecule has 7 heteroatoms. The maximum absolute atomic E-state index is 13.6. The molecule has 2 aromatic carbocycles. The third kappa shape index (κ3) is 3.82. The summed E-state index contributed by atoms with van der Waals surface area (Å²) in [4.78, 5) is 16.2. The zero-order valence-corrected chi connectivity index (χ0v) is 13.3. The van der Waals surface area contributed by atoms with E-state index in [4.69, 9.17) is 5.26 Å². The molecule has 0 fully saturated rings. The van der Waals surface area contributed by atoms with E-state index in [1.54, 1.807) is 30.3 Å². The first kappa shape index (κ1) is 17.0. The van der Waals surface area contributed by atoms with Crippen LogP contribution in [0.4, 0.5) is 26.0 Å². The highest BCUT2D eigenvalue weighted by molar-refractivity contribution is 6.04. The van der Waals surface area contributed by atoms with E-state index in [1.165, 1.54) is 18.3 Å². The van der Waals surface area contributed by atoms with Crippen LogP contribution in [-0.2, 0) is 0 Å². The van der Waals surface area contributed by atoms with E-state index in [9.17, 15) is 13.6 Å². The van der Waals surface area contributed by atoms with Crippen LogP contribution in [0.1, 0.15) is 15.9 Å². The van der Waals surface area contributed by atoms with Crippen molar-refractivity contribution in [2.24, 2.45) is 0 Å². The lowest BCUT2D eigenvalue weighted by atomic mass is 10.2. The van der Waals surface area contributed by atoms with Gasteiger partial charge in [0.2, 0.25) is 0 Å². The number of pyridine rings is 1. The molecule has 2 N–H and O–H groups in total. The minimum Gasteiger partial charge on any atom is -0.340 e. The molecule has 0 aliphatic heterocycles. The average Bonchev–Trinajstić information content (AvgIpc) is 2.66. The van der Waals surface area contributed by atoms with Crippen LogP contribution < -0.4 is 10.6 Å². The van der Waals surface area contributed by atoms with Gasteiger partial charge in [-0.3, -0.25) is 4.79 Å². The first-order valence-electron chi connectivity index (χ1n) is 7.55. The van der Waals surface area contributed by atoms with Crippen molar-refractivity contribution in [3.8, 4) is 6.07 Å². The molecule has 128 valence electrons. The number of amides is 1. The van der Waals surface area contributed by atoms with Gasteiger partial charge in [0.1, 0.15) is 23.1 Å². The van der Waals surface area contributed by atoms with E-state index in [0.29, 0.717) is 11.4 Å². The molecule has 1 heterocycles. The highest BCUT2D eigenvalue weighted by Gasteiger charge is 2.13. The van der Waals surface area contributed by atoms with E-state index >= 15 is 0 Å². The average molecular weight is 350 g/mol. The quantitative estimate of drug-likeness (QED) is 0.738. The number of carbonyl (C=O) groups is 1. The predicted molar refractivity (Wildman–Crippen MR) is 93.0 cm³/mol. The van der Waals surface area contributed by atoms with Crippen LogP contribution in [0.3, 0.4) is 0 Å². The summed E-state index contributed by atoms with van der Waals surface area (Å²) in [5, 5.41) is 14.0. The number of aromatic nitrogens is 1. The highest BCUT2D eigenvalue weighted by Crippen LogP contribution is 2.20. The summed E-state index contributed by atoms with van der Waals surface area (Å²) in [6.07, 6.45) is 1.29. The molecule has 3 aromatic rings. The normalized spacial score (nSPS) is 10.0. The van der Waals surface area contributed by atoms with Gasteiger partial charge in [-0.15, -0.1) is 0 Å². The highest BCUT2D eigenvalue weighted by atomic mass is 19.1. The smallest absolute Gasteiger partial charge is 0.257 e. The number of halogens is 2. The molecule has 0 spiro atoms. The second kappa shape index (κ2) is 7.40. The Morgan fingerprint density at radius 3 is 2.27 bits per heavy atom. The summed E-state index contributed by atoms with van der Waals surface area (Å²) < 4.78 is 27.2. The second-order valence-electron chi connectivity index (χ2n) is 5.30. The molecular weight excluding hydrogens is 338 g/mol. The van der Waals surface area contributed by atoms with Gasteiger partial charge in [-0.25, -0.2) is 13.8 Å². The van der Waals surface area contributed by atoms with Crippen molar-refractivity contribution in [3.63, 3.8) is 0 Å². The predicted octanol–water partition coefficient (Wildman–Crippen LogP) is 4.23. The Morgan fingerprint density at radius 2 is 1.69 bits per heavy atom. The number of hydrogen-bond donors (Lipinski definition) is 2. The van der Waals surface area contributed by atoms with Crippen LogP contribution in [-0.4, -0.2) is 10.9 Å². The minimum absolute atomic E-state index is 0.151. The zero-order valence-electron chi connectivity index (χ0n) is 13.3.